The molecule has 1 N–H and O–H groups in total. The molecule has 0 amide bonds. The van der Waals surface area contributed by atoms with Gasteiger partial charge in [0.2, 0.25) is 0 Å². The number of nitrogens with one attached hydrogen (secondary N) is 1. The first-order valence-electron chi connectivity index (χ1n) is 6.78. The molecular weight excluding hydrogens is 212 g/mol. The van der Waals surface area contributed by atoms with Crippen LogP contribution in [0.1, 0.15) is 37.0 Å². The summed E-state index contributed by atoms with van der Waals surface area (Å²) in [7, 11) is 2.21. The molecule has 0 bridgehead atoms. The van der Waals surface area contributed by atoms with E-state index in [9.17, 15) is 0 Å². The molecule has 0 aliphatic heterocycles. The van der Waals surface area contributed by atoms with E-state index in [1.807, 2.05) is 6.26 Å². The van der Waals surface area contributed by atoms with Crippen LogP contribution < -0.4 is 5.32 Å². The molecule has 2 fully saturated rings. The molecule has 0 unspecified atom stereocenters. The van der Waals surface area contributed by atoms with Crippen molar-refractivity contribution in [1.29, 1.82) is 0 Å². The third-order valence-electron chi connectivity index (χ3n) is 3.67. The molecule has 1 aromatic rings. The Morgan fingerprint density at radius 1 is 1.35 bits per heavy atom. The first kappa shape index (κ1) is 11.3. The van der Waals surface area contributed by atoms with Crippen molar-refractivity contribution in [2.45, 2.75) is 44.8 Å². The van der Waals surface area contributed by atoms with Gasteiger partial charge in [0.05, 0.1) is 12.8 Å². The van der Waals surface area contributed by atoms with Crippen LogP contribution in [0.5, 0.6) is 0 Å². The third kappa shape index (κ3) is 3.33. The van der Waals surface area contributed by atoms with Gasteiger partial charge >= 0.3 is 0 Å². The normalized spacial score (nSPS) is 20.1. The second-order valence-corrected chi connectivity index (χ2v) is 5.66. The summed E-state index contributed by atoms with van der Waals surface area (Å²) in [6.45, 7) is 3.15. The van der Waals surface area contributed by atoms with Crippen LogP contribution in [-0.4, -0.2) is 24.5 Å². The topological polar surface area (TPSA) is 28.4 Å². The fourth-order valence-electron chi connectivity index (χ4n) is 2.28. The van der Waals surface area contributed by atoms with E-state index in [4.69, 9.17) is 4.42 Å². The second kappa shape index (κ2) is 4.83. The van der Waals surface area contributed by atoms with E-state index in [0.717, 1.165) is 30.8 Å². The zero-order chi connectivity index (χ0) is 11.7. The van der Waals surface area contributed by atoms with E-state index >= 15 is 0 Å². The Hall–Kier alpha value is -0.800. The predicted octanol–water partition coefficient (Wildman–Crippen LogP) is 2.37. The summed E-state index contributed by atoms with van der Waals surface area (Å²) in [5.41, 5.74) is 1.35. The van der Waals surface area contributed by atoms with Crippen LogP contribution in [0.4, 0.5) is 0 Å². The first-order valence-corrected chi connectivity index (χ1v) is 6.78. The number of nitrogens with zero attached hydrogens (tertiary/aromatic N) is 1. The second-order valence-electron chi connectivity index (χ2n) is 5.66. The lowest BCUT2D eigenvalue weighted by Crippen LogP contribution is -2.22. The Morgan fingerprint density at radius 2 is 2.18 bits per heavy atom. The minimum absolute atomic E-state index is 0.747. The Balaban J connectivity index is 1.51. The van der Waals surface area contributed by atoms with Crippen LogP contribution in [0.25, 0.3) is 0 Å². The summed E-state index contributed by atoms with van der Waals surface area (Å²) in [5, 5.41) is 3.51. The molecule has 3 rings (SSSR count). The summed E-state index contributed by atoms with van der Waals surface area (Å²) in [4.78, 5) is 2.42. The number of furan rings is 1. The highest BCUT2D eigenvalue weighted by atomic mass is 16.3. The van der Waals surface area contributed by atoms with Gasteiger partial charge in [-0.1, -0.05) is 0 Å². The molecule has 2 aliphatic carbocycles. The van der Waals surface area contributed by atoms with E-state index in [1.165, 1.54) is 37.8 Å². The maximum Gasteiger partial charge on any atom is 0.122 e. The minimum Gasteiger partial charge on any atom is -0.468 e. The molecule has 1 heterocycles. The zero-order valence-electron chi connectivity index (χ0n) is 10.6. The molecular formula is C14H22N2O. The molecule has 17 heavy (non-hydrogen) atoms. The van der Waals surface area contributed by atoms with Gasteiger partial charge < -0.3 is 14.6 Å². The third-order valence-corrected chi connectivity index (χ3v) is 3.67. The van der Waals surface area contributed by atoms with Crippen LogP contribution in [0.15, 0.2) is 16.7 Å². The van der Waals surface area contributed by atoms with E-state index in [2.05, 4.69) is 23.3 Å². The smallest absolute Gasteiger partial charge is 0.122 e. The summed E-state index contributed by atoms with van der Waals surface area (Å²) in [6, 6.07) is 2.87. The van der Waals surface area contributed by atoms with Crippen molar-refractivity contribution < 1.29 is 4.42 Å². The molecule has 2 aliphatic rings. The fraction of sp³-hybridized carbons (Fsp3) is 0.714. The SMILES string of the molecule is CN(Cc1ccoc1CNC1CC1)CC1CC1. The molecule has 0 aromatic carbocycles. The maximum atomic E-state index is 5.58. The molecule has 0 atom stereocenters. The highest BCUT2D eigenvalue weighted by molar-refractivity contribution is 5.17. The van der Waals surface area contributed by atoms with Gasteiger partial charge in [-0.2, -0.15) is 0 Å². The van der Waals surface area contributed by atoms with Crippen molar-refractivity contribution >= 4 is 0 Å². The van der Waals surface area contributed by atoms with Crippen molar-refractivity contribution in [3.8, 4) is 0 Å². The van der Waals surface area contributed by atoms with Gasteiger partial charge in [0.25, 0.3) is 0 Å². The number of hydrogen-bond donors (Lipinski definition) is 1. The zero-order valence-corrected chi connectivity index (χ0v) is 10.6. The van der Waals surface area contributed by atoms with Gasteiger partial charge in [-0.05, 0) is 44.7 Å². The van der Waals surface area contributed by atoms with Crippen molar-refractivity contribution in [3.63, 3.8) is 0 Å². The first-order chi connectivity index (χ1) is 8.31. The lowest BCUT2D eigenvalue weighted by atomic mass is 10.2. The van der Waals surface area contributed by atoms with Gasteiger partial charge in [0.1, 0.15) is 5.76 Å². The largest absolute Gasteiger partial charge is 0.468 e. The average molecular weight is 234 g/mol. The Kier molecular flexibility index (Phi) is 3.21. The number of hydrogen-bond acceptors (Lipinski definition) is 3. The van der Waals surface area contributed by atoms with Crippen molar-refractivity contribution in [3.05, 3.63) is 23.7 Å². The number of rotatable bonds is 7. The molecule has 94 valence electrons. The van der Waals surface area contributed by atoms with E-state index in [-0.39, 0.29) is 0 Å². The predicted molar refractivity (Wildman–Crippen MR) is 67.6 cm³/mol. The lowest BCUT2D eigenvalue weighted by Gasteiger charge is -2.16. The fourth-order valence-corrected chi connectivity index (χ4v) is 2.28. The molecule has 0 radical (unpaired) electrons. The van der Waals surface area contributed by atoms with Crippen molar-refractivity contribution in [2.75, 3.05) is 13.6 Å². The molecule has 0 saturated heterocycles. The standard InChI is InChI=1S/C14H22N2O/c1-16(9-11-2-3-11)10-12-6-7-17-14(12)8-15-13-4-5-13/h6-7,11,13,15H,2-5,8-10H2,1H3. The molecule has 3 heteroatoms. The van der Waals surface area contributed by atoms with Crippen LogP contribution in [0.2, 0.25) is 0 Å². The average Bonchev–Trinajstić information content (AvgIpc) is 3.20. The van der Waals surface area contributed by atoms with Gasteiger partial charge in [-0.15, -0.1) is 0 Å². The van der Waals surface area contributed by atoms with E-state index in [1.54, 1.807) is 0 Å². The van der Waals surface area contributed by atoms with Gasteiger partial charge in [-0.25, -0.2) is 0 Å². The summed E-state index contributed by atoms with van der Waals surface area (Å²) >= 11 is 0. The quantitative estimate of drug-likeness (QED) is 0.785. The monoisotopic (exact) mass is 234 g/mol. The summed E-state index contributed by atoms with van der Waals surface area (Å²) in [6.07, 6.45) is 7.33. The summed E-state index contributed by atoms with van der Waals surface area (Å²) < 4.78 is 5.58. The van der Waals surface area contributed by atoms with Crippen LogP contribution in [0.3, 0.4) is 0 Å². The van der Waals surface area contributed by atoms with Crippen LogP contribution in [-0.2, 0) is 13.1 Å². The van der Waals surface area contributed by atoms with Crippen LogP contribution in [0, 0.1) is 5.92 Å². The molecule has 0 spiro atoms. The Bertz CT molecular complexity index is 366. The summed E-state index contributed by atoms with van der Waals surface area (Å²) in [5.74, 6) is 2.08. The maximum absolute atomic E-state index is 5.58. The van der Waals surface area contributed by atoms with E-state index < -0.39 is 0 Å². The van der Waals surface area contributed by atoms with Crippen LogP contribution >= 0.6 is 0 Å². The minimum atomic E-state index is 0.747. The molecule has 3 nitrogen and oxygen atoms in total. The Morgan fingerprint density at radius 3 is 2.88 bits per heavy atom. The van der Waals surface area contributed by atoms with E-state index in [0.29, 0.717) is 0 Å². The van der Waals surface area contributed by atoms with Gasteiger partial charge in [0.15, 0.2) is 0 Å². The highest BCUT2D eigenvalue weighted by Crippen LogP contribution is 2.30. The van der Waals surface area contributed by atoms with Crippen molar-refractivity contribution in [2.24, 2.45) is 5.92 Å². The molecule has 1 aromatic heterocycles. The van der Waals surface area contributed by atoms with Gasteiger partial charge in [-0.3, -0.25) is 0 Å². The Labute approximate surface area is 103 Å². The molecule has 2 saturated carbocycles. The van der Waals surface area contributed by atoms with Gasteiger partial charge in [0, 0.05) is 24.7 Å². The highest BCUT2D eigenvalue weighted by Gasteiger charge is 2.24. The lowest BCUT2D eigenvalue weighted by molar-refractivity contribution is 0.309. The van der Waals surface area contributed by atoms with Crippen molar-refractivity contribution in [1.82, 2.24) is 10.2 Å².